The number of amides is 1. The molecule has 0 saturated carbocycles. The first-order valence-electron chi connectivity index (χ1n) is 8.30. The number of carbonyl (C=O) groups excluding carboxylic acids is 1. The van der Waals surface area contributed by atoms with E-state index in [4.69, 9.17) is 14.2 Å². The summed E-state index contributed by atoms with van der Waals surface area (Å²) in [7, 11) is 3.26. The first-order chi connectivity index (χ1) is 12.2. The van der Waals surface area contributed by atoms with E-state index in [1.807, 2.05) is 29.6 Å². The maximum Gasteiger partial charge on any atom is 0.261 e. The third kappa shape index (κ3) is 3.80. The monoisotopic (exact) mass is 361 g/mol. The zero-order valence-electron chi connectivity index (χ0n) is 14.5. The molecule has 2 heterocycles. The van der Waals surface area contributed by atoms with E-state index in [2.05, 4.69) is 11.4 Å². The summed E-state index contributed by atoms with van der Waals surface area (Å²) in [5, 5.41) is 5.01. The third-order valence-electron chi connectivity index (χ3n) is 4.78. The molecule has 0 atom stereocenters. The van der Waals surface area contributed by atoms with Crippen LogP contribution in [0.2, 0.25) is 0 Å². The highest BCUT2D eigenvalue weighted by Gasteiger charge is 2.35. The highest BCUT2D eigenvalue weighted by atomic mass is 32.1. The minimum Gasteiger partial charge on any atom is -0.493 e. The summed E-state index contributed by atoms with van der Waals surface area (Å²) < 4.78 is 16.4. The molecule has 1 saturated heterocycles. The van der Waals surface area contributed by atoms with Crippen molar-refractivity contribution in [2.45, 2.75) is 18.3 Å². The van der Waals surface area contributed by atoms with Crippen LogP contribution in [0.4, 0.5) is 0 Å². The molecule has 6 heteroatoms. The minimum absolute atomic E-state index is 0.0265. The van der Waals surface area contributed by atoms with E-state index in [1.54, 1.807) is 14.2 Å². The van der Waals surface area contributed by atoms with Crippen LogP contribution < -0.4 is 14.8 Å². The molecule has 3 rings (SSSR count). The fourth-order valence-electron chi connectivity index (χ4n) is 3.24. The van der Waals surface area contributed by atoms with Gasteiger partial charge in [-0.2, -0.15) is 0 Å². The van der Waals surface area contributed by atoms with Gasteiger partial charge in [-0.25, -0.2) is 0 Å². The standard InChI is InChI=1S/C19H23NO4S/c1-22-15-6-5-14(12-16(15)23-2)19(7-9-24-10-8-19)13-20-18(21)17-4-3-11-25-17/h3-6,11-12H,7-10,13H2,1-2H3,(H,20,21). The number of hydrogen-bond acceptors (Lipinski definition) is 5. The van der Waals surface area contributed by atoms with E-state index < -0.39 is 0 Å². The molecule has 0 aliphatic carbocycles. The zero-order valence-corrected chi connectivity index (χ0v) is 15.4. The van der Waals surface area contributed by atoms with Crippen LogP contribution in [0.1, 0.15) is 28.1 Å². The van der Waals surface area contributed by atoms with Crippen molar-refractivity contribution in [1.29, 1.82) is 0 Å². The maximum absolute atomic E-state index is 12.4. The van der Waals surface area contributed by atoms with E-state index in [-0.39, 0.29) is 11.3 Å². The summed E-state index contributed by atoms with van der Waals surface area (Å²) in [6.07, 6.45) is 1.71. The van der Waals surface area contributed by atoms with Crippen molar-refractivity contribution in [1.82, 2.24) is 5.32 Å². The first-order valence-corrected chi connectivity index (χ1v) is 9.18. The van der Waals surface area contributed by atoms with Gasteiger partial charge in [0.15, 0.2) is 11.5 Å². The van der Waals surface area contributed by atoms with Crippen molar-refractivity contribution in [3.63, 3.8) is 0 Å². The summed E-state index contributed by atoms with van der Waals surface area (Å²) in [4.78, 5) is 13.1. The summed E-state index contributed by atoms with van der Waals surface area (Å²) >= 11 is 1.45. The normalized spacial score (nSPS) is 16.2. The predicted octanol–water partition coefficient (Wildman–Crippen LogP) is 3.24. The van der Waals surface area contributed by atoms with E-state index in [1.165, 1.54) is 11.3 Å². The van der Waals surface area contributed by atoms with Crippen LogP contribution in [0.15, 0.2) is 35.7 Å². The lowest BCUT2D eigenvalue weighted by atomic mass is 9.74. The highest BCUT2D eigenvalue weighted by Crippen LogP contribution is 2.38. The molecule has 1 aliphatic rings. The Labute approximate surface area is 151 Å². The van der Waals surface area contributed by atoms with E-state index >= 15 is 0 Å². The number of nitrogens with one attached hydrogen (secondary N) is 1. The van der Waals surface area contributed by atoms with Gasteiger partial charge in [0.1, 0.15) is 0 Å². The Kier molecular flexibility index (Phi) is 5.60. The second-order valence-corrected chi connectivity index (χ2v) is 7.07. The number of methoxy groups -OCH3 is 2. The Bertz CT molecular complexity index is 708. The summed E-state index contributed by atoms with van der Waals surface area (Å²) in [5.74, 6) is 1.38. The molecule has 1 aromatic heterocycles. The Morgan fingerprint density at radius 2 is 1.96 bits per heavy atom. The number of thiophene rings is 1. The molecular formula is C19H23NO4S. The quantitative estimate of drug-likeness (QED) is 0.858. The largest absolute Gasteiger partial charge is 0.493 e. The van der Waals surface area contributed by atoms with Gasteiger partial charge in [-0.3, -0.25) is 4.79 Å². The van der Waals surface area contributed by atoms with Gasteiger partial charge in [-0.15, -0.1) is 11.3 Å². The SMILES string of the molecule is COc1ccc(C2(CNC(=O)c3cccs3)CCOCC2)cc1OC. The Morgan fingerprint density at radius 3 is 2.60 bits per heavy atom. The van der Waals surface area contributed by atoms with Crippen molar-refractivity contribution in [3.8, 4) is 11.5 Å². The molecule has 1 aromatic carbocycles. The molecule has 0 unspecified atom stereocenters. The second-order valence-electron chi connectivity index (χ2n) is 6.12. The fourth-order valence-corrected chi connectivity index (χ4v) is 3.88. The average molecular weight is 361 g/mol. The van der Waals surface area contributed by atoms with Gasteiger partial charge in [-0.1, -0.05) is 12.1 Å². The fraction of sp³-hybridized carbons (Fsp3) is 0.421. The van der Waals surface area contributed by atoms with E-state index in [0.29, 0.717) is 31.3 Å². The van der Waals surface area contributed by atoms with Crippen LogP contribution in [0.5, 0.6) is 11.5 Å². The van der Waals surface area contributed by atoms with Crippen LogP contribution in [-0.4, -0.2) is 39.9 Å². The van der Waals surface area contributed by atoms with Gasteiger partial charge in [0, 0.05) is 25.2 Å². The van der Waals surface area contributed by atoms with Crippen LogP contribution in [0.3, 0.4) is 0 Å². The lowest BCUT2D eigenvalue weighted by Crippen LogP contribution is -2.44. The summed E-state index contributed by atoms with van der Waals surface area (Å²) in [6.45, 7) is 1.94. The molecule has 1 aliphatic heterocycles. The molecule has 1 amide bonds. The Morgan fingerprint density at radius 1 is 1.20 bits per heavy atom. The highest BCUT2D eigenvalue weighted by molar-refractivity contribution is 7.12. The van der Waals surface area contributed by atoms with Crippen molar-refractivity contribution in [2.75, 3.05) is 34.0 Å². The minimum atomic E-state index is -0.162. The number of rotatable bonds is 6. The summed E-state index contributed by atoms with van der Waals surface area (Å²) in [5.41, 5.74) is 0.977. The molecule has 0 bridgehead atoms. The van der Waals surface area contributed by atoms with Crippen LogP contribution >= 0.6 is 11.3 Å². The molecule has 0 radical (unpaired) electrons. The molecule has 1 fully saturated rings. The van der Waals surface area contributed by atoms with Crippen molar-refractivity contribution < 1.29 is 19.0 Å². The lowest BCUT2D eigenvalue weighted by Gasteiger charge is -2.38. The van der Waals surface area contributed by atoms with Crippen molar-refractivity contribution >= 4 is 17.2 Å². The lowest BCUT2D eigenvalue weighted by molar-refractivity contribution is 0.0486. The Balaban J connectivity index is 1.84. The van der Waals surface area contributed by atoms with Crippen LogP contribution in [-0.2, 0) is 10.2 Å². The molecule has 5 nitrogen and oxygen atoms in total. The zero-order chi connectivity index (χ0) is 17.7. The predicted molar refractivity (Wildman–Crippen MR) is 97.9 cm³/mol. The molecule has 134 valence electrons. The van der Waals surface area contributed by atoms with Gasteiger partial charge in [-0.05, 0) is 42.0 Å². The third-order valence-corrected chi connectivity index (χ3v) is 5.65. The topological polar surface area (TPSA) is 56.8 Å². The molecule has 1 N–H and O–H groups in total. The average Bonchev–Trinajstić information content (AvgIpc) is 3.21. The molecule has 2 aromatic rings. The van der Waals surface area contributed by atoms with Crippen LogP contribution in [0, 0.1) is 0 Å². The van der Waals surface area contributed by atoms with Gasteiger partial charge >= 0.3 is 0 Å². The van der Waals surface area contributed by atoms with E-state index in [0.717, 1.165) is 23.3 Å². The number of benzene rings is 1. The van der Waals surface area contributed by atoms with Crippen LogP contribution in [0.25, 0.3) is 0 Å². The van der Waals surface area contributed by atoms with Gasteiger partial charge in [0.2, 0.25) is 0 Å². The van der Waals surface area contributed by atoms with E-state index in [9.17, 15) is 4.79 Å². The Hall–Kier alpha value is -2.05. The number of hydrogen-bond donors (Lipinski definition) is 1. The molecular weight excluding hydrogens is 338 g/mol. The first kappa shape index (κ1) is 17.8. The number of ether oxygens (including phenoxy) is 3. The van der Waals surface area contributed by atoms with Crippen molar-refractivity contribution in [3.05, 3.63) is 46.2 Å². The van der Waals surface area contributed by atoms with Gasteiger partial charge in [0.05, 0.1) is 19.1 Å². The maximum atomic E-state index is 12.4. The molecule has 25 heavy (non-hydrogen) atoms. The van der Waals surface area contributed by atoms with Crippen molar-refractivity contribution in [2.24, 2.45) is 0 Å². The van der Waals surface area contributed by atoms with Gasteiger partial charge < -0.3 is 19.5 Å². The summed E-state index contributed by atoms with van der Waals surface area (Å²) in [6, 6.07) is 9.73. The second kappa shape index (κ2) is 7.89. The van der Waals surface area contributed by atoms with Gasteiger partial charge in [0.25, 0.3) is 5.91 Å². The number of carbonyl (C=O) groups is 1. The smallest absolute Gasteiger partial charge is 0.261 e. The molecule has 0 spiro atoms.